The molecule has 0 aromatic heterocycles. The van der Waals surface area contributed by atoms with Gasteiger partial charge in [0.2, 0.25) is 0 Å². The van der Waals surface area contributed by atoms with Gasteiger partial charge < -0.3 is 19.6 Å². The van der Waals surface area contributed by atoms with Crippen molar-refractivity contribution in [3.05, 3.63) is 29.3 Å². The van der Waals surface area contributed by atoms with Crippen molar-refractivity contribution < 1.29 is 41.0 Å². The highest BCUT2D eigenvalue weighted by Crippen LogP contribution is 2.44. The predicted octanol–water partition coefficient (Wildman–Crippen LogP) is 4.55. The lowest BCUT2D eigenvalue weighted by Gasteiger charge is -2.44. The third-order valence-electron chi connectivity index (χ3n) is 6.36. The fraction of sp³-hybridized carbons (Fsp3) is 0.682. The summed E-state index contributed by atoms with van der Waals surface area (Å²) in [4.78, 5) is 15.4. The molecular formula is C22H29F6N3O3. The molecule has 0 bridgehead atoms. The molecule has 34 heavy (non-hydrogen) atoms. The normalized spacial score (nSPS) is 20.9. The molecule has 6 nitrogen and oxygen atoms in total. The molecule has 0 radical (unpaired) electrons. The van der Waals surface area contributed by atoms with E-state index in [1.165, 1.54) is 4.90 Å². The van der Waals surface area contributed by atoms with Gasteiger partial charge in [0, 0.05) is 45.0 Å². The number of hydrogen-bond acceptors (Lipinski definition) is 4. The van der Waals surface area contributed by atoms with Gasteiger partial charge >= 0.3 is 18.4 Å². The van der Waals surface area contributed by atoms with Gasteiger partial charge in [-0.05, 0) is 29.2 Å². The van der Waals surface area contributed by atoms with E-state index in [0.717, 1.165) is 29.9 Å². The van der Waals surface area contributed by atoms with Gasteiger partial charge in [-0.3, -0.25) is 4.90 Å². The molecule has 192 valence electrons. The Morgan fingerprint density at radius 1 is 1.06 bits per heavy atom. The van der Waals surface area contributed by atoms with Crippen LogP contribution in [0.4, 0.5) is 36.8 Å². The Hall–Kier alpha value is -2.21. The second kappa shape index (κ2) is 10.2. The van der Waals surface area contributed by atoms with Crippen LogP contribution in [0.25, 0.3) is 0 Å². The van der Waals surface area contributed by atoms with Crippen LogP contribution >= 0.6 is 0 Å². The maximum atomic E-state index is 13.4. The molecular weight excluding hydrogens is 468 g/mol. The number of amides is 1. The van der Waals surface area contributed by atoms with Crippen LogP contribution < -0.4 is 4.90 Å². The first kappa shape index (κ1) is 26.4. The lowest BCUT2D eigenvalue weighted by atomic mass is 9.92. The van der Waals surface area contributed by atoms with Gasteiger partial charge in [0.15, 0.2) is 5.92 Å². The maximum absolute atomic E-state index is 13.4. The first-order valence-electron chi connectivity index (χ1n) is 11.1. The number of hydrogen-bond donors (Lipinski definition) is 1. The summed E-state index contributed by atoms with van der Waals surface area (Å²) in [5.74, 6) is -3.68. The number of nitrogens with zero attached hydrogens (tertiary/aromatic N) is 3. The monoisotopic (exact) mass is 497 g/mol. The molecule has 1 unspecified atom stereocenters. The van der Waals surface area contributed by atoms with Crippen LogP contribution in [0.1, 0.15) is 30.9 Å². The van der Waals surface area contributed by atoms with Gasteiger partial charge in [0.05, 0.1) is 19.3 Å². The standard InChI is InChI=1S/C22H29F6N3O3/c1-14(2)17-11-16(30-7-9-34-10-8-30)4-3-15(17)12-29-5-6-31(20(32)33)18(13-29)19(21(23,24)25)22(26,27)28/h3-4,11,14,18-19H,5-10,12-13H2,1-2H3,(H,32,33). The van der Waals surface area contributed by atoms with Crippen LogP contribution in [0.5, 0.6) is 0 Å². The number of alkyl halides is 6. The molecule has 0 aliphatic carbocycles. The Kier molecular flexibility index (Phi) is 7.91. The Morgan fingerprint density at radius 2 is 1.68 bits per heavy atom. The second-order valence-corrected chi connectivity index (χ2v) is 8.98. The van der Waals surface area contributed by atoms with Crippen LogP contribution in [0.2, 0.25) is 0 Å². The van der Waals surface area contributed by atoms with Gasteiger partial charge in [-0.25, -0.2) is 4.79 Å². The summed E-state index contributed by atoms with van der Waals surface area (Å²) >= 11 is 0. The Morgan fingerprint density at radius 3 is 2.21 bits per heavy atom. The highest BCUT2D eigenvalue weighted by Gasteiger charge is 2.62. The SMILES string of the molecule is CC(C)c1cc(N2CCOCC2)ccc1CN1CCN(C(=O)O)C(C(C(F)(F)F)C(F)(F)F)C1. The van der Waals surface area contributed by atoms with E-state index in [0.29, 0.717) is 13.2 Å². The minimum atomic E-state index is -5.62. The smallest absolute Gasteiger partial charge is 0.407 e. The van der Waals surface area contributed by atoms with Crippen molar-refractivity contribution in [2.45, 2.75) is 44.7 Å². The summed E-state index contributed by atoms with van der Waals surface area (Å²) in [6.45, 7) is 5.66. The third kappa shape index (κ3) is 6.07. The average molecular weight is 497 g/mol. The molecule has 1 amide bonds. The van der Waals surface area contributed by atoms with E-state index in [4.69, 9.17) is 4.74 Å². The predicted molar refractivity (Wildman–Crippen MR) is 113 cm³/mol. The van der Waals surface area contributed by atoms with Gasteiger partial charge in [0.1, 0.15) is 0 Å². The van der Waals surface area contributed by atoms with Crippen molar-refractivity contribution in [3.63, 3.8) is 0 Å². The summed E-state index contributed by atoms with van der Waals surface area (Å²) in [7, 11) is 0. The maximum Gasteiger partial charge on any atom is 0.407 e. The van der Waals surface area contributed by atoms with Gasteiger partial charge in [-0.2, -0.15) is 26.3 Å². The van der Waals surface area contributed by atoms with Crippen LogP contribution in [-0.4, -0.2) is 85.3 Å². The number of morpholine rings is 1. The first-order valence-corrected chi connectivity index (χ1v) is 11.1. The summed E-state index contributed by atoms with van der Waals surface area (Å²) in [6.07, 6.45) is -13.0. The molecule has 2 heterocycles. The van der Waals surface area contributed by atoms with E-state index < -0.39 is 43.5 Å². The molecule has 2 aliphatic rings. The van der Waals surface area contributed by atoms with Crippen LogP contribution in [0.15, 0.2) is 18.2 Å². The lowest BCUT2D eigenvalue weighted by Crippen LogP contribution is -2.62. The van der Waals surface area contributed by atoms with Crippen molar-refractivity contribution in [1.82, 2.24) is 9.80 Å². The molecule has 1 aromatic rings. The molecule has 2 aliphatic heterocycles. The van der Waals surface area contributed by atoms with Crippen LogP contribution in [0, 0.1) is 5.92 Å². The van der Waals surface area contributed by atoms with E-state index in [2.05, 4.69) is 4.90 Å². The molecule has 12 heteroatoms. The summed E-state index contributed by atoms with van der Waals surface area (Å²) in [5, 5.41) is 9.30. The zero-order valence-corrected chi connectivity index (χ0v) is 19.0. The van der Waals surface area contributed by atoms with Crippen molar-refractivity contribution in [3.8, 4) is 0 Å². The molecule has 2 fully saturated rings. The molecule has 1 atom stereocenters. The largest absolute Gasteiger partial charge is 0.465 e. The third-order valence-corrected chi connectivity index (χ3v) is 6.36. The molecule has 1 aromatic carbocycles. The molecule has 3 rings (SSSR count). The Labute approximate surface area is 194 Å². The Balaban J connectivity index is 1.85. The van der Waals surface area contributed by atoms with Crippen molar-refractivity contribution >= 4 is 11.8 Å². The zero-order chi connectivity index (χ0) is 25.3. The number of carbonyl (C=O) groups is 1. The topological polar surface area (TPSA) is 56.2 Å². The van der Waals surface area contributed by atoms with E-state index in [9.17, 15) is 36.2 Å². The molecule has 2 saturated heterocycles. The number of ether oxygens (including phenoxy) is 1. The Bertz CT molecular complexity index is 841. The average Bonchev–Trinajstić information content (AvgIpc) is 2.72. The number of piperazine rings is 1. The highest BCUT2D eigenvalue weighted by molar-refractivity contribution is 5.65. The number of benzene rings is 1. The highest BCUT2D eigenvalue weighted by atomic mass is 19.4. The van der Waals surface area contributed by atoms with E-state index in [-0.39, 0.29) is 23.9 Å². The number of halogens is 6. The van der Waals surface area contributed by atoms with Crippen LogP contribution in [-0.2, 0) is 11.3 Å². The van der Waals surface area contributed by atoms with E-state index in [1.807, 2.05) is 32.0 Å². The van der Waals surface area contributed by atoms with E-state index >= 15 is 0 Å². The quantitative estimate of drug-likeness (QED) is 0.605. The van der Waals surface area contributed by atoms with Crippen molar-refractivity contribution in [2.24, 2.45) is 5.92 Å². The minimum Gasteiger partial charge on any atom is -0.465 e. The zero-order valence-electron chi connectivity index (χ0n) is 19.0. The first-order chi connectivity index (χ1) is 15.8. The minimum absolute atomic E-state index is 0.0357. The van der Waals surface area contributed by atoms with Gasteiger partial charge in [-0.15, -0.1) is 0 Å². The lowest BCUT2D eigenvalue weighted by molar-refractivity contribution is -0.300. The summed E-state index contributed by atoms with van der Waals surface area (Å²) < 4.78 is 85.8. The fourth-order valence-electron chi connectivity index (χ4n) is 4.68. The van der Waals surface area contributed by atoms with Gasteiger partial charge in [0.25, 0.3) is 0 Å². The molecule has 1 N–H and O–H groups in total. The second-order valence-electron chi connectivity index (χ2n) is 8.98. The summed E-state index contributed by atoms with van der Waals surface area (Å²) in [5.41, 5.74) is 2.73. The fourth-order valence-corrected chi connectivity index (χ4v) is 4.68. The summed E-state index contributed by atoms with van der Waals surface area (Å²) in [6, 6.07) is 3.47. The van der Waals surface area contributed by atoms with Crippen molar-refractivity contribution in [1.29, 1.82) is 0 Å². The molecule has 0 spiro atoms. The number of rotatable bonds is 5. The van der Waals surface area contributed by atoms with Crippen LogP contribution in [0.3, 0.4) is 0 Å². The number of anilines is 1. The van der Waals surface area contributed by atoms with Gasteiger partial charge in [-0.1, -0.05) is 19.9 Å². The number of carboxylic acid groups (broad SMARTS) is 1. The molecule has 0 saturated carbocycles. The van der Waals surface area contributed by atoms with E-state index in [1.54, 1.807) is 0 Å². The van der Waals surface area contributed by atoms with Crippen molar-refractivity contribution in [2.75, 3.05) is 50.8 Å².